The smallest absolute Gasteiger partial charge is 0.338 e. The fraction of sp³-hybridized carbons (Fsp3) is 0.0625. The molecule has 2 aromatic carbocycles. The Morgan fingerprint density at radius 3 is 2.73 bits per heavy atom. The van der Waals surface area contributed by atoms with Gasteiger partial charge < -0.3 is 9.72 Å². The van der Waals surface area contributed by atoms with Crippen molar-refractivity contribution in [3.8, 4) is 11.4 Å². The molecule has 1 N–H and O–H groups in total. The Kier molecular flexibility index (Phi) is 3.93. The molecule has 0 saturated heterocycles. The molecule has 0 amide bonds. The van der Waals surface area contributed by atoms with Gasteiger partial charge in [-0.3, -0.25) is 4.79 Å². The van der Waals surface area contributed by atoms with Crippen molar-refractivity contribution >= 4 is 39.5 Å². The maximum Gasteiger partial charge on any atom is 0.338 e. The highest BCUT2D eigenvalue weighted by atomic mass is 127. The molecule has 3 aromatic rings. The van der Waals surface area contributed by atoms with Gasteiger partial charge in [0.2, 0.25) is 0 Å². The van der Waals surface area contributed by atoms with Gasteiger partial charge in [0, 0.05) is 9.13 Å². The van der Waals surface area contributed by atoms with E-state index in [1.807, 2.05) is 6.07 Å². The third-order valence-electron chi connectivity index (χ3n) is 3.26. The number of aromatic amines is 1. The zero-order valence-electron chi connectivity index (χ0n) is 11.6. The Hall–Kier alpha value is -2.22. The van der Waals surface area contributed by atoms with Crippen molar-refractivity contribution in [2.75, 3.05) is 7.11 Å². The summed E-state index contributed by atoms with van der Waals surface area (Å²) in [7, 11) is 1.34. The van der Waals surface area contributed by atoms with Gasteiger partial charge >= 0.3 is 5.97 Å². The van der Waals surface area contributed by atoms with Gasteiger partial charge in [0.05, 0.1) is 23.6 Å². The minimum Gasteiger partial charge on any atom is -0.465 e. The minimum absolute atomic E-state index is 0.187. The van der Waals surface area contributed by atoms with Crippen molar-refractivity contribution in [2.45, 2.75) is 0 Å². The van der Waals surface area contributed by atoms with Crippen LogP contribution in [-0.4, -0.2) is 23.0 Å². The first kappa shape index (κ1) is 14.7. The van der Waals surface area contributed by atoms with Crippen LogP contribution in [0.2, 0.25) is 0 Å². The van der Waals surface area contributed by atoms with Crippen LogP contribution in [0.25, 0.3) is 22.3 Å². The molecule has 0 saturated carbocycles. The zero-order valence-corrected chi connectivity index (χ0v) is 13.7. The van der Waals surface area contributed by atoms with Gasteiger partial charge in [-0.05, 0) is 46.9 Å². The predicted octanol–water partition coefficient (Wildman–Crippen LogP) is 2.98. The minimum atomic E-state index is -0.393. The van der Waals surface area contributed by atoms with Crippen LogP contribution in [0.15, 0.2) is 47.3 Å². The van der Waals surface area contributed by atoms with Crippen LogP contribution >= 0.6 is 22.6 Å². The number of hydrogen-bond acceptors (Lipinski definition) is 4. The Morgan fingerprint density at radius 2 is 2.00 bits per heavy atom. The molecule has 110 valence electrons. The van der Waals surface area contributed by atoms with E-state index in [2.05, 4.69) is 32.6 Å². The molecule has 0 atom stereocenters. The maximum absolute atomic E-state index is 12.1. The Balaban J connectivity index is 2.14. The van der Waals surface area contributed by atoms with E-state index >= 15 is 0 Å². The Labute approximate surface area is 139 Å². The molecule has 6 heteroatoms. The highest BCUT2D eigenvalue weighted by molar-refractivity contribution is 14.1. The van der Waals surface area contributed by atoms with Crippen molar-refractivity contribution in [1.29, 1.82) is 0 Å². The molecule has 1 heterocycles. The molecule has 22 heavy (non-hydrogen) atoms. The van der Waals surface area contributed by atoms with Crippen LogP contribution < -0.4 is 5.56 Å². The quantitative estimate of drug-likeness (QED) is 0.525. The first-order valence-corrected chi connectivity index (χ1v) is 7.55. The lowest BCUT2D eigenvalue weighted by Gasteiger charge is -2.06. The van der Waals surface area contributed by atoms with Gasteiger partial charge in [-0.15, -0.1) is 0 Å². The zero-order chi connectivity index (χ0) is 15.7. The molecule has 5 nitrogen and oxygen atoms in total. The molecule has 1 aromatic heterocycles. The molecule has 0 bridgehead atoms. The number of aromatic nitrogens is 2. The van der Waals surface area contributed by atoms with Gasteiger partial charge in [-0.2, -0.15) is 0 Å². The number of hydrogen-bond donors (Lipinski definition) is 1. The summed E-state index contributed by atoms with van der Waals surface area (Å²) in [6.45, 7) is 0. The van der Waals surface area contributed by atoms with E-state index in [4.69, 9.17) is 4.74 Å². The van der Waals surface area contributed by atoms with E-state index in [0.717, 1.165) is 9.13 Å². The topological polar surface area (TPSA) is 72.0 Å². The molecular formula is C16H11IN2O3. The van der Waals surface area contributed by atoms with E-state index in [1.165, 1.54) is 7.11 Å². The SMILES string of the molecule is COC(=O)c1ccc(-c2nc3ccccc3c(=O)[nH]2)cc1I. The van der Waals surface area contributed by atoms with E-state index in [9.17, 15) is 9.59 Å². The van der Waals surface area contributed by atoms with Crippen molar-refractivity contribution in [1.82, 2.24) is 9.97 Å². The number of rotatable bonds is 2. The summed E-state index contributed by atoms with van der Waals surface area (Å²) in [5.74, 6) is 0.0777. The first-order chi connectivity index (χ1) is 10.6. The van der Waals surface area contributed by atoms with Crippen LogP contribution in [0.4, 0.5) is 0 Å². The summed E-state index contributed by atoms with van der Waals surface area (Å²) in [6.07, 6.45) is 0. The van der Waals surface area contributed by atoms with Crippen LogP contribution in [-0.2, 0) is 4.74 Å². The molecule has 3 rings (SSSR count). The lowest BCUT2D eigenvalue weighted by atomic mass is 10.1. The van der Waals surface area contributed by atoms with Crippen molar-refractivity contribution < 1.29 is 9.53 Å². The Bertz CT molecular complexity index is 934. The first-order valence-electron chi connectivity index (χ1n) is 6.47. The van der Waals surface area contributed by atoms with Crippen molar-refractivity contribution in [3.63, 3.8) is 0 Å². The lowest BCUT2D eigenvalue weighted by molar-refractivity contribution is 0.0599. The summed E-state index contributed by atoms with van der Waals surface area (Å²) in [5, 5.41) is 0.548. The Morgan fingerprint density at radius 1 is 1.23 bits per heavy atom. The van der Waals surface area contributed by atoms with Crippen LogP contribution in [0.5, 0.6) is 0 Å². The molecule has 0 aliphatic carbocycles. The molecule has 0 fully saturated rings. The monoisotopic (exact) mass is 406 g/mol. The summed E-state index contributed by atoms with van der Waals surface area (Å²) in [6, 6.07) is 12.4. The van der Waals surface area contributed by atoms with E-state index < -0.39 is 5.97 Å². The summed E-state index contributed by atoms with van der Waals surface area (Å²) >= 11 is 2.06. The third-order valence-corrected chi connectivity index (χ3v) is 4.15. The lowest BCUT2D eigenvalue weighted by Crippen LogP contribution is -2.10. The van der Waals surface area contributed by atoms with E-state index in [0.29, 0.717) is 22.3 Å². The second kappa shape index (κ2) is 5.88. The van der Waals surface area contributed by atoms with E-state index in [-0.39, 0.29) is 5.56 Å². The molecule has 0 radical (unpaired) electrons. The summed E-state index contributed by atoms with van der Waals surface area (Å²) in [4.78, 5) is 31.0. The summed E-state index contributed by atoms with van der Waals surface area (Å²) < 4.78 is 5.46. The number of halogens is 1. The fourth-order valence-electron chi connectivity index (χ4n) is 2.16. The fourth-order valence-corrected chi connectivity index (χ4v) is 2.90. The largest absolute Gasteiger partial charge is 0.465 e. The highest BCUT2D eigenvalue weighted by Gasteiger charge is 2.12. The number of nitrogens with one attached hydrogen (secondary N) is 1. The normalized spacial score (nSPS) is 10.6. The predicted molar refractivity (Wildman–Crippen MR) is 91.9 cm³/mol. The second-order valence-electron chi connectivity index (χ2n) is 4.62. The number of fused-ring (bicyclic) bond motifs is 1. The van der Waals surface area contributed by atoms with Crippen LogP contribution in [0.1, 0.15) is 10.4 Å². The average molecular weight is 406 g/mol. The molecule has 0 aliphatic rings. The van der Waals surface area contributed by atoms with E-state index in [1.54, 1.807) is 36.4 Å². The third kappa shape index (κ3) is 2.61. The number of ether oxygens (including phenoxy) is 1. The number of H-pyrrole nitrogens is 1. The maximum atomic E-state index is 12.1. The summed E-state index contributed by atoms with van der Waals surface area (Å²) in [5.41, 5.74) is 1.66. The standard InChI is InChI=1S/C16H11IN2O3/c1-22-16(21)10-7-6-9(8-12(10)17)14-18-13-5-3-2-4-11(13)15(20)19-14/h2-8H,1H3,(H,18,19,20). The van der Waals surface area contributed by atoms with Gasteiger partial charge in [-0.1, -0.05) is 18.2 Å². The van der Waals surface area contributed by atoms with Gasteiger partial charge in [0.25, 0.3) is 5.56 Å². The van der Waals surface area contributed by atoms with Gasteiger partial charge in [0.15, 0.2) is 0 Å². The number of esters is 1. The second-order valence-corrected chi connectivity index (χ2v) is 5.78. The molecule has 0 spiro atoms. The molecular weight excluding hydrogens is 395 g/mol. The van der Waals surface area contributed by atoms with Crippen molar-refractivity contribution in [2.24, 2.45) is 0 Å². The number of benzene rings is 2. The molecule has 0 unspecified atom stereocenters. The highest BCUT2D eigenvalue weighted by Crippen LogP contribution is 2.22. The average Bonchev–Trinajstić information content (AvgIpc) is 2.54. The number of para-hydroxylation sites is 1. The van der Waals surface area contributed by atoms with Crippen molar-refractivity contribution in [3.05, 3.63) is 62.0 Å². The number of nitrogens with zero attached hydrogens (tertiary/aromatic N) is 1. The van der Waals surface area contributed by atoms with Crippen LogP contribution in [0, 0.1) is 3.57 Å². The van der Waals surface area contributed by atoms with Gasteiger partial charge in [0.1, 0.15) is 5.82 Å². The number of carbonyl (C=O) groups excluding carboxylic acids is 1. The number of carbonyl (C=O) groups is 1. The molecule has 0 aliphatic heterocycles. The number of methoxy groups -OCH3 is 1. The van der Waals surface area contributed by atoms with Gasteiger partial charge in [-0.25, -0.2) is 9.78 Å². The van der Waals surface area contributed by atoms with Crippen LogP contribution in [0.3, 0.4) is 0 Å².